The van der Waals surface area contributed by atoms with Crippen LogP contribution < -0.4 is 4.74 Å². The standard InChI is InChI=1S/C13H7F2NO4S/c14-6-1-4-10(8(15)5-6)20-11-7-2-3-9(17)12(7)21-13(11)16(18)19/h1,4-5H,2-3H2. The van der Waals surface area contributed by atoms with Gasteiger partial charge in [-0.1, -0.05) is 11.3 Å². The van der Waals surface area contributed by atoms with Crippen molar-refractivity contribution in [3.05, 3.63) is 50.4 Å². The van der Waals surface area contributed by atoms with Gasteiger partial charge in [-0.05, 0) is 18.6 Å². The molecule has 1 heterocycles. The summed E-state index contributed by atoms with van der Waals surface area (Å²) >= 11 is 0.723. The number of halogens is 2. The highest BCUT2D eigenvalue weighted by atomic mass is 32.1. The Kier molecular flexibility index (Phi) is 3.17. The minimum absolute atomic E-state index is 0.128. The molecule has 21 heavy (non-hydrogen) atoms. The number of Topliss-reactive ketones (excluding diaryl/α,β-unsaturated/α-hetero) is 1. The summed E-state index contributed by atoms with van der Waals surface area (Å²) in [7, 11) is 0. The molecule has 0 fully saturated rings. The van der Waals surface area contributed by atoms with Crippen LogP contribution >= 0.6 is 11.3 Å². The summed E-state index contributed by atoms with van der Waals surface area (Å²) in [5, 5.41) is 10.7. The number of ketones is 1. The van der Waals surface area contributed by atoms with Crippen LogP contribution in [0.1, 0.15) is 21.7 Å². The summed E-state index contributed by atoms with van der Waals surface area (Å²) in [6.45, 7) is 0. The van der Waals surface area contributed by atoms with Crippen LogP contribution in [0.4, 0.5) is 13.8 Å². The topological polar surface area (TPSA) is 69.4 Å². The molecule has 0 bridgehead atoms. The van der Waals surface area contributed by atoms with E-state index in [9.17, 15) is 23.7 Å². The molecular weight excluding hydrogens is 304 g/mol. The Morgan fingerprint density at radius 2 is 2.05 bits per heavy atom. The molecule has 1 aromatic heterocycles. The molecule has 0 saturated heterocycles. The quantitative estimate of drug-likeness (QED) is 0.637. The maximum absolute atomic E-state index is 13.6. The number of benzene rings is 1. The van der Waals surface area contributed by atoms with Gasteiger partial charge in [-0.25, -0.2) is 8.78 Å². The Balaban J connectivity index is 2.07. The summed E-state index contributed by atoms with van der Waals surface area (Å²) in [5.41, 5.74) is 0.417. The van der Waals surface area contributed by atoms with E-state index in [2.05, 4.69) is 0 Å². The normalized spacial score (nSPS) is 13.3. The Labute approximate surface area is 120 Å². The molecule has 0 atom stereocenters. The fraction of sp³-hybridized carbons (Fsp3) is 0.154. The number of carbonyl (C=O) groups excluding carboxylic acids is 1. The average molecular weight is 311 g/mol. The van der Waals surface area contributed by atoms with Gasteiger partial charge in [0.05, 0.1) is 9.80 Å². The van der Waals surface area contributed by atoms with Crippen molar-refractivity contribution >= 4 is 22.1 Å². The predicted molar refractivity (Wildman–Crippen MR) is 70.1 cm³/mol. The second-order valence-corrected chi connectivity index (χ2v) is 5.40. The first-order valence-electron chi connectivity index (χ1n) is 5.93. The number of ether oxygens (including phenoxy) is 1. The highest BCUT2D eigenvalue weighted by molar-refractivity contribution is 7.18. The molecule has 8 heteroatoms. The van der Waals surface area contributed by atoms with Crippen molar-refractivity contribution in [3.63, 3.8) is 0 Å². The van der Waals surface area contributed by atoms with E-state index in [1.807, 2.05) is 0 Å². The van der Waals surface area contributed by atoms with Crippen LogP contribution in [0.3, 0.4) is 0 Å². The molecule has 0 amide bonds. The molecule has 2 aromatic rings. The summed E-state index contributed by atoms with van der Waals surface area (Å²) in [6, 6.07) is 2.66. The molecule has 3 rings (SSSR count). The molecule has 0 radical (unpaired) electrons. The molecule has 0 aliphatic heterocycles. The van der Waals surface area contributed by atoms with Crippen molar-refractivity contribution in [3.8, 4) is 11.5 Å². The van der Waals surface area contributed by atoms with E-state index in [1.54, 1.807) is 0 Å². The molecule has 108 valence electrons. The SMILES string of the molecule is O=C1CCc2c1sc([N+](=O)[O-])c2Oc1ccc(F)cc1F. The van der Waals surface area contributed by atoms with Gasteiger partial charge in [0.2, 0.25) is 5.75 Å². The van der Waals surface area contributed by atoms with Gasteiger partial charge in [0.25, 0.3) is 0 Å². The third-order valence-corrected chi connectivity index (χ3v) is 4.27. The highest BCUT2D eigenvalue weighted by Gasteiger charge is 2.35. The summed E-state index contributed by atoms with van der Waals surface area (Å²) in [4.78, 5) is 22.3. The van der Waals surface area contributed by atoms with Gasteiger partial charge in [0.15, 0.2) is 17.3 Å². The van der Waals surface area contributed by atoms with Crippen LogP contribution in [-0.2, 0) is 6.42 Å². The maximum atomic E-state index is 13.6. The van der Waals surface area contributed by atoms with Gasteiger partial charge in [-0.15, -0.1) is 0 Å². The van der Waals surface area contributed by atoms with Crippen molar-refractivity contribution < 1.29 is 23.2 Å². The first-order valence-corrected chi connectivity index (χ1v) is 6.75. The lowest BCUT2D eigenvalue weighted by atomic mass is 10.2. The largest absolute Gasteiger partial charge is 0.446 e. The van der Waals surface area contributed by atoms with Crippen molar-refractivity contribution in [1.29, 1.82) is 0 Å². The second kappa shape index (κ2) is 4.88. The van der Waals surface area contributed by atoms with Crippen LogP contribution in [-0.4, -0.2) is 10.7 Å². The summed E-state index contributed by atoms with van der Waals surface area (Å²) in [6.07, 6.45) is 0.568. The number of thiophene rings is 1. The Morgan fingerprint density at radius 1 is 1.29 bits per heavy atom. The monoisotopic (exact) mass is 311 g/mol. The van der Waals surface area contributed by atoms with Crippen LogP contribution in [0.5, 0.6) is 11.5 Å². The van der Waals surface area contributed by atoms with E-state index < -0.39 is 16.6 Å². The molecule has 0 N–H and O–H groups in total. The third kappa shape index (κ3) is 2.27. The molecule has 1 aliphatic carbocycles. The number of rotatable bonds is 3. The fourth-order valence-corrected chi connectivity index (χ4v) is 3.19. The van der Waals surface area contributed by atoms with Crippen molar-refractivity contribution in [2.24, 2.45) is 0 Å². The number of hydrogen-bond donors (Lipinski definition) is 0. The zero-order valence-corrected chi connectivity index (χ0v) is 11.2. The molecule has 1 aliphatic rings. The number of nitrogens with zero attached hydrogens (tertiary/aromatic N) is 1. The van der Waals surface area contributed by atoms with Gasteiger partial charge in [-0.2, -0.15) is 0 Å². The summed E-state index contributed by atoms with van der Waals surface area (Å²) in [5.74, 6) is -2.38. The number of nitro groups is 1. The zero-order valence-electron chi connectivity index (χ0n) is 10.4. The van der Waals surface area contributed by atoms with E-state index in [0.717, 1.165) is 23.5 Å². The van der Waals surface area contributed by atoms with Crippen molar-refractivity contribution in [2.45, 2.75) is 12.8 Å². The van der Waals surface area contributed by atoms with Gasteiger partial charge < -0.3 is 4.74 Å². The van der Waals surface area contributed by atoms with Crippen LogP contribution in [0.25, 0.3) is 0 Å². The Hall–Kier alpha value is -2.35. The molecule has 0 saturated carbocycles. The molecule has 0 unspecified atom stereocenters. The molecular formula is C13H7F2NO4S. The Bertz CT molecular complexity index is 772. The number of hydrogen-bond acceptors (Lipinski definition) is 5. The van der Waals surface area contributed by atoms with E-state index in [1.165, 1.54) is 0 Å². The summed E-state index contributed by atoms with van der Waals surface area (Å²) < 4.78 is 31.7. The van der Waals surface area contributed by atoms with Gasteiger partial charge >= 0.3 is 5.00 Å². The first-order chi connectivity index (χ1) is 9.97. The maximum Gasteiger partial charge on any atom is 0.367 e. The fourth-order valence-electron chi connectivity index (χ4n) is 2.13. The lowest BCUT2D eigenvalue weighted by molar-refractivity contribution is -0.381. The van der Waals surface area contributed by atoms with Gasteiger partial charge in [-0.3, -0.25) is 14.9 Å². The predicted octanol–water partition coefficient (Wildman–Crippen LogP) is 3.86. The molecule has 1 aromatic carbocycles. The minimum Gasteiger partial charge on any atom is -0.446 e. The van der Waals surface area contributed by atoms with Gasteiger partial charge in [0.1, 0.15) is 5.82 Å². The van der Waals surface area contributed by atoms with E-state index >= 15 is 0 Å². The van der Waals surface area contributed by atoms with Crippen molar-refractivity contribution in [1.82, 2.24) is 0 Å². The van der Waals surface area contributed by atoms with Crippen LogP contribution in [0.2, 0.25) is 0 Å². The third-order valence-electron chi connectivity index (χ3n) is 3.07. The minimum atomic E-state index is -0.964. The highest BCUT2D eigenvalue weighted by Crippen LogP contribution is 2.47. The lowest BCUT2D eigenvalue weighted by Crippen LogP contribution is -1.94. The second-order valence-electron chi connectivity index (χ2n) is 4.40. The van der Waals surface area contributed by atoms with E-state index in [0.29, 0.717) is 18.1 Å². The zero-order chi connectivity index (χ0) is 15.1. The molecule has 0 spiro atoms. The first kappa shape index (κ1) is 13.6. The van der Waals surface area contributed by atoms with E-state index in [4.69, 9.17) is 4.74 Å². The van der Waals surface area contributed by atoms with E-state index in [-0.39, 0.29) is 33.6 Å². The van der Waals surface area contributed by atoms with Gasteiger partial charge in [0, 0.05) is 18.1 Å². The smallest absolute Gasteiger partial charge is 0.367 e. The van der Waals surface area contributed by atoms with Crippen molar-refractivity contribution in [2.75, 3.05) is 0 Å². The van der Waals surface area contributed by atoms with Crippen LogP contribution in [0, 0.1) is 21.7 Å². The molecule has 5 nitrogen and oxygen atoms in total. The Morgan fingerprint density at radius 3 is 2.71 bits per heavy atom. The number of fused-ring (bicyclic) bond motifs is 1. The lowest BCUT2D eigenvalue weighted by Gasteiger charge is -2.06. The number of carbonyl (C=O) groups is 1. The average Bonchev–Trinajstić information content (AvgIpc) is 2.94. The van der Waals surface area contributed by atoms with Crippen LogP contribution in [0.15, 0.2) is 18.2 Å².